The van der Waals surface area contributed by atoms with Gasteiger partial charge in [-0.05, 0) is 45.3 Å². The summed E-state index contributed by atoms with van der Waals surface area (Å²) in [7, 11) is 0. The van der Waals surface area contributed by atoms with Crippen molar-refractivity contribution in [1.29, 1.82) is 0 Å². The highest BCUT2D eigenvalue weighted by molar-refractivity contribution is 5.85. The topological polar surface area (TPSA) is 81.7 Å². The fraction of sp³-hybridized carbons (Fsp3) is 0.500. The fourth-order valence-electron chi connectivity index (χ4n) is 5.17. The molecular formula is C28H36F2N4O3. The highest BCUT2D eigenvalue weighted by Crippen LogP contribution is 2.43. The molecule has 3 heterocycles. The molecule has 1 aromatic carbocycles. The highest BCUT2D eigenvalue weighted by Gasteiger charge is 2.39. The molecule has 37 heavy (non-hydrogen) atoms. The van der Waals surface area contributed by atoms with Crippen LogP contribution in [0.3, 0.4) is 0 Å². The van der Waals surface area contributed by atoms with Gasteiger partial charge in [-0.2, -0.15) is 0 Å². The summed E-state index contributed by atoms with van der Waals surface area (Å²) in [5.74, 6) is -2.01. The van der Waals surface area contributed by atoms with Crippen LogP contribution in [0.4, 0.5) is 8.78 Å². The number of nitrogens with one attached hydrogen (secondary N) is 1. The van der Waals surface area contributed by atoms with Crippen LogP contribution in [0.25, 0.3) is 10.9 Å². The first-order valence-corrected chi connectivity index (χ1v) is 12.6. The molecular weight excluding hydrogens is 478 g/mol. The van der Waals surface area contributed by atoms with Crippen molar-refractivity contribution in [3.8, 4) is 5.88 Å². The third-order valence-electron chi connectivity index (χ3n) is 7.14. The van der Waals surface area contributed by atoms with E-state index in [2.05, 4.69) is 9.97 Å². The number of alkyl halides is 1. The van der Waals surface area contributed by atoms with Crippen LogP contribution in [0.2, 0.25) is 0 Å². The van der Waals surface area contributed by atoms with Gasteiger partial charge in [-0.1, -0.05) is 25.1 Å². The Morgan fingerprint density at radius 2 is 2.19 bits per heavy atom. The number of rotatable bonds is 11. The van der Waals surface area contributed by atoms with Gasteiger partial charge in [0.2, 0.25) is 5.88 Å². The third kappa shape index (κ3) is 5.62. The first kappa shape index (κ1) is 23.1. The monoisotopic (exact) mass is 517 g/mol. The molecule has 0 saturated carbocycles. The van der Waals surface area contributed by atoms with Crippen LogP contribution in [0.5, 0.6) is 5.88 Å². The number of likely N-dealkylation sites (N-methyl/N-ethyl adjacent to an activating group) is 1. The molecule has 2 N–H and O–H groups in total. The zero-order valence-electron chi connectivity index (χ0n) is 24.4. The van der Waals surface area contributed by atoms with E-state index in [0.717, 1.165) is 28.4 Å². The van der Waals surface area contributed by atoms with Crippen molar-refractivity contribution in [3.63, 3.8) is 0 Å². The normalized spacial score (nSPS) is 20.3. The number of fused-ring (bicyclic) bond motifs is 3. The molecule has 1 aliphatic heterocycles. The number of benzene rings is 1. The molecule has 0 spiro atoms. The average Bonchev–Trinajstić information content (AvgIpc) is 3.26. The molecule has 0 bridgehead atoms. The number of aromatic amines is 1. The predicted molar refractivity (Wildman–Crippen MR) is 139 cm³/mol. The summed E-state index contributed by atoms with van der Waals surface area (Å²) in [6.45, 7) is 2.55. The maximum Gasteiger partial charge on any atom is 0.307 e. The maximum absolute atomic E-state index is 15.7. The van der Waals surface area contributed by atoms with Crippen molar-refractivity contribution in [2.75, 3.05) is 39.9 Å². The van der Waals surface area contributed by atoms with Crippen LogP contribution in [0.15, 0.2) is 30.5 Å². The van der Waals surface area contributed by atoms with Gasteiger partial charge in [0.15, 0.2) is 0 Å². The molecule has 1 aliphatic rings. The Balaban J connectivity index is 1.73. The molecule has 0 fully saturated rings. The summed E-state index contributed by atoms with van der Waals surface area (Å²) in [6, 6.07) is 7.15. The SMILES string of the molecule is [2H]C([2H])([2H])N(CCCF)CCOc1ncc(F)c([C@@H]2c3[nH]c4ccccc4c3C[C@@H](C)N2C[C@@H](C)C(=O)O)c1C. The van der Waals surface area contributed by atoms with Crippen LogP contribution in [0.1, 0.15) is 52.8 Å². The first-order valence-electron chi connectivity index (χ1n) is 14.1. The van der Waals surface area contributed by atoms with E-state index >= 15 is 4.39 Å². The number of hydrogen-bond acceptors (Lipinski definition) is 5. The second kappa shape index (κ2) is 11.6. The van der Waals surface area contributed by atoms with Crippen molar-refractivity contribution in [3.05, 3.63) is 58.7 Å². The van der Waals surface area contributed by atoms with E-state index in [-0.39, 0.29) is 44.6 Å². The molecule has 0 amide bonds. The second-order valence-corrected chi connectivity index (χ2v) is 9.78. The van der Waals surface area contributed by atoms with Crippen LogP contribution < -0.4 is 4.74 Å². The molecule has 2 aromatic heterocycles. The number of aliphatic carboxylic acids is 1. The number of ether oxygens (including phenoxy) is 1. The summed E-state index contributed by atoms with van der Waals surface area (Å²) >= 11 is 0. The molecule has 0 saturated heterocycles. The smallest absolute Gasteiger partial charge is 0.307 e. The molecule has 9 heteroatoms. The van der Waals surface area contributed by atoms with Gasteiger partial charge < -0.3 is 19.7 Å². The molecule has 200 valence electrons. The Morgan fingerprint density at radius 3 is 2.92 bits per heavy atom. The van der Waals surface area contributed by atoms with Gasteiger partial charge in [0.05, 0.1) is 24.8 Å². The standard InChI is InChI=1S/C28H36F2N4O3/c1-17(28(35)36)16-34-18(2)14-21-20-8-5-6-9-23(20)32-25(21)26(34)24-19(3)27(31-15-22(24)30)37-13-12-33(4)11-7-10-29/h5-6,8-9,15,17-18,26,32H,7,10-14,16H2,1-4H3,(H,35,36)/t17-,18-,26-/m1/s1/i4D3. The highest BCUT2D eigenvalue weighted by atomic mass is 19.1. The second-order valence-electron chi connectivity index (χ2n) is 9.78. The number of carboxylic acids is 1. The van der Waals surface area contributed by atoms with Crippen LogP contribution >= 0.6 is 0 Å². The largest absolute Gasteiger partial charge is 0.481 e. The number of carboxylic acid groups (broad SMARTS) is 1. The first-order chi connectivity index (χ1) is 18.9. The van der Waals surface area contributed by atoms with E-state index in [4.69, 9.17) is 8.85 Å². The number of nitrogens with zero attached hydrogens (tertiary/aromatic N) is 3. The van der Waals surface area contributed by atoms with E-state index in [1.165, 1.54) is 4.90 Å². The zero-order valence-corrected chi connectivity index (χ0v) is 21.4. The van der Waals surface area contributed by atoms with Gasteiger partial charge in [0.25, 0.3) is 0 Å². The van der Waals surface area contributed by atoms with Gasteiger partial charge in [-0.3, -0.25) is 14.1 Å². The van der Waals surface area contributed by atoms with Crippen molar-refractivity contribution in [2.24, 2.45) is 5.92 Å². The number of pyridine rings is 1. The van der Waals surface area contributed by atoms with E-state index < -0.39 is 37.4 Å². The lowest BCUT2D eigenvalue weighted by atomic mass is 9.86. The summed E-state index contributed by atoms with van der Waals surface area (Å²) < 4.78 is 57.3. The van der Waals surface area contributed by atoms with Crippen LogP contribution in [-0.2, 0) is 11.2 Å². The third-order valence-corrected chi connectivity index (χ3v) is 7.14. The van der Waals surface area contributed by atoms with Gasteiger partial charge in [-0.15, -0.1) is 0 Å². The fourth-order valence-corrected chi connectivity index (χ4v) is 5.17. The van der Waals surface area contributed by atoms with Crippen molar-refractivity contribution < 1.29 is 27.5 Å². The summed E-state index contributed by atoms with van der Waals surface area (Å²) in [6.07, 6.45) is 1.84. The number of carbonyl (C=O) groups is 1. The number of para-hydroxylation sites is 1. The summed E-state index contributed by atoms with van der Waals surface area (Å²) in [5, 5.41) is 10.7. The molecule has 0 unspecified atom stereocenters. The lowest BCUT2D eigenvalue weighted by molar-refractivity contribution is -0.142. The summed E-state index contributed by atoms with van der Waals surface area (Å²) in [5.41, 5.74) is 3.55. The van der Waals surface area contributed by atoms with Crippen molar-refractivity contribution in [1.82, 2.24) is 19.8 Å². The average molecular weight is 518 g/mol. The minimum absolute atomic E-state index is 0.0131. The van der Waals surface area contributed by atoms with E-state index in [1.54, 1.807) is 13.8 Å². The van der Waals surface area contributed by atoms with Crippen molar-refractivity contribution >= 4 is 16.9 Å². The minimum Gasteiger partial charge on any atom is -0.481 e. The molecule has 7 nitrogen and oxygen atoms in total. The molecule has 0 radical (unpaired) electrons. The van der Waals surface area contributed by atoms with Gasteiger partial charge in [-0.25, -0.2) is 9.37 Å². The Labute approximate surface area is 220 Å². The number of hydrogen-bond donors (Lipinski definition) is 2. The Bertz CT molecular complexity index is 1350. The van der Waals surface area contributed by atoms with E-state index in [1.807, 2.05) is 36.1 Å². The number of H-pyrrole nitrogens is 1. The summed E-state index contributed by atoms with van der Waals surface area (Å²) in [4.78, 5) is 22.6. The van der Waals surface area contributed by atoms with E-state index in [9.17, 15) is 14.3 Å². The zero-order chi connectivity index (χ0) is 29.2. The van der Waals surface area contributed by atoms with E-state index in [0.29, 0.717) is 17.5 Å². The number of aromatic nitrogens is 2. The lowest BCUT2D eigenvalue weighted by Crippen LogP contribution is -2.46. The van der Waals surface area contributed by atoms with Gasteiger partial charge in [0.1, 0.15) is 12.4 Å². The number of halogens is 2. The van der Waals surface area contributed by atoms with Crippen molar-refractivity contribution in [2.45, 2.75) is 45.7 Å². The van der Waals surface area contributed by atoms with Crippen LogP contribution in [-0.4, -0.2) is 76.8 Å². The maximum atomic E-state index is 15.7. The Hall–Kier alpha value is -3.04. The molecule has 3 aromatic rings. The van der Waals surface area contributed by atoms with Gasteiger partial charge in [0, 0.05) is 57.5 Å². The molecule has 4 rings (SSSR count). The van der Waals surface area contributed by atoms with Crippen LogP contribution in [0, 0.1) is 18.7 Å². The predicted octanol–water partition coefficient (Wildman–Crippen LogP) is 4.74. The Kier molecular flexibility index (Phi) is 7.22. The Morgan fingerprint density at radius 1 is 1.41 bits per heavy atom. The molecule has 3 atom stereocenters. The minimum atomic E-state index is -2.40. The lowest BCUT2D eigenvalue weighted by Gasteiger charge is -2.42. The molecule has 0 aliphatic carbocycles. The van der Waals surface area contributed by atoms with Gasteiger partial charge >= 0.3 is 5.97 Å². The quantitative estimate of drug-likeness (QED) is 0.383.